The fourth-order valence-electron chi connectivity index (χ4n) is 1.71. The summed E-state index contributed by atoms with van der Waals surface area (Å²) in [5.74, 6) is 0.417. The lowest BCUT2D eigenvalue weighted by atomic mass is 10.2. The largest absolute Gasteiger partial charge is 0.474 e. The molecule has 0 spiro atoms. The molecule has 1 N–H and O–H groups in total. The van der Waals surface area contributed by atoms with Gasteiger partial charge in [0.2, 0.25) is 5.88 Å². The van der Waals surface area contributed by atoms with E-state index in [4.69, 9.17) is 9.47 Å². The van der Waals surface area contributed by atoms with E-state index in [0.717, 1.165) is 16.8 Å². The van der Waals surface area contributed by atoms with E-state index in [1.54, 1.807) is 6.07 Å². The summed E-state index contributed by atoms with van der Waals surface area (Å²) in [7, 11) is 0. The van der Waals surface area contributed by atoms with Crippen molar-refractivity contribution in [3.8, 4) is 5.88 Å². The summed E-state index contributed by atoms with van der Waals surface area (Å²) in [5.41, 5.74) is 2.95. The van der Waals surface area contributed by atoms with Gasteiger partial charge in [-0.05, 0) is 25.0 Å². The normalized spacial score (nSPS) is 12.1. The molecule has 0 radical (unpaired) electrons. The molecular weight excluding hydrogens is 268 g/mol. The highest BCUT2D eigenvalue weighted by atomic mass is 16.5. The Bertz CT molecular complexity index is 561. The Balaban J connectivity index is 1.69. The summed E-state index contributed by atoms with van der Waals surface area (Å²) in [6, 6.07) is 11.6. The van der Waals surface area contributed by atoms with Crippen molar-refractivity contribution in [3.05, 3.63) is 53.2 Å². The molecule has 2 rings (SSSR count). The summed E-state index contributed by atoms with van der Waals surface area (Å²) < 4.78 is 10.8. The van der Waals surface area contributed by atoms with Crippen LogP contribution < -0.4 is 4.74 Å². The van der Waals surface area contributed by atoms with Gasteiger partial charge in [-0.25, -0.2) is 0 Å². The van der Waals surface area contributed by atoms with Gasteiger partial charge in [-0.2, -0.15) is 5.10 Å². The average Bonchev–Trinajstić information content (AvgIpc) is 2.49. The molecule has 0 saturated heterocycles. The Hall–Kier alpha value is -1.98. The lowest BCUT2D eigenvalue weighted by Gasteiger charge is -2.12. The van der Waals surface area contributed by atoms with Gasteiger partial charge in [0.05, 0.1) is 18.9 Å². The average molecular weight is 288 g/mol. The van der Waals surface area contributed by atoms with Gasteiger partial charge in [0.25, 0.3) is 0 Å². The van der Waals surface area contributed by atoms with E-state index in [1.807, 2.05) is 44.2 Å². The van der Waals surface area contributed by atoms with Crippen molar-refractivity contribution in [1.82, 2.24) is 10.2 Å². The number of ether oxygens (including phenoxy) is 2. The maximum Gasteiger partial charge on any atom is 0.233 e. The first kappa shape index (κ1) is 15.4. The van der Waals surface area contributed by atoms with Crippen LogP contribution in [0.25, 0.3) is 0 Å². The zero-order chi connectivity index (χ0) is 15.1. The molecule has 0 aliphatic heterocycles. The van der Waals surface area contributed by atoms with Crippen LogP contribution in [0.3, 0.4) is 0 Å². The number of aliphatic hydroxyl groups is 1. The first-order valence-corrected chi connectivity index (χ1v) is 6.88. The summed E-state index contributed by atoms with van der Waals surface area (Å²) in [6.45, 7) is 4.65. The lowest BCUT2D eigenvalue weighted by Crippen LogP contribution is -2.23. The first-order valence-electron chi connectivity index (χ1n) is 6.88. The topological polar surface area (TPSA) is 64.5 Å². The quantitative estimate of drug-likeness (QED) is 0.844. The van der Waals surface area contributed by atoms with Gasteiger partial charge in [-0.1, -0.05) is 30.3 Å². The number of hydrogen-bond donors (Lipinski definition) is 1. The second-order valence-electron chi connectivity index (χ2n) is 4.92. The van der Waals surface area contributed by atoms with Gasteiger partial charge in [0, 0.05) is 6.07 Å². The number of aliphatic hydroxyl groups excluding tert-OH is 1. The summed E-state index contributed by atoms with van der Waals surface area (Å²) >= 11 is 0. The molecule has 0 bridgehead atoms. The molecule has 5 heteroatoms. The highest BCUT2D eigenvalue weighted by molar-refractivity contribution is 5.21. The van der Waals surface area contributed by atoms with Crippen LogP contribution in [0.15, 0.2) is 36.4 Å². The molecule has 1 unspecified atom stereocenters. The van der Waals surface area contributed by atoms with Crippen LogP contribution in [0.5, 0.6) is 5.88 Å². The van der Waals surface area contributed by atoms with E-state index in [-0.39, 0.29) is 13.2 Å². The Kier molecular flexibility index (Phi) is 5.66. The smallest absolute Gasteiger partial charge is 0.233 e. The zero-order valence-corrected chi connectivity index (χ0v) is 12.3. The van der Waals surface area contributed by atoms with Gasteiger partial charge in [0.1, 0.15) is 12.7 Å². The highest BCUT2D eigenvalue weighted by Gasteiger charge is 2.07. The molecule has 0 aliphatic rings. The third-order valence-corrected chi connectivity index (χ3v) is 3.05. The molecule has 112 valence electrons. The van der Waals surface area contributed by atoms with Crippen LogP contribution in [-0.2, 0) is 11.3 Å². The SMILES string of the molecule is Cc1cc(OCC(O)COCc2ccccc2)nnc1C. The molecule has 0 aliphatic carbocycles. The van der Waals surface area contributed by atoms with Crippen LogP contribution >= 0.6 is 0 Å². The molecule has 0 fully saturated rings. The van der Waals surface area contributed by atoms with Crippen molar-refractivity contribution in [3.63, 3.8) is 0 Å². The summed E-state index contributed by atoms with van der Waals surface area (Å²) in [5, 5.41) is 17.7. The summed E-state index contributed by atoms with van der Waals surface area (Å²) in [4.78, 5) is 0. The second kappa shape index (κ2) is 7.71. The minimum atomic E-state index is -0.697. The van der Waals surface area contributed by atoms with E-state index in [1.165, 1.54) is 0 Å². The Morgan fingerprint density at radius 2 is 1.86 bits per heavy atom. The maximum absolute atomic E-state index is 9.81. The monoisotopic (exact) mass is 288 g/mol. The first-order chi connectivity index (χ1) is 10.1. The number of hydrogen-bond acceptors (Lipinski definition) is 5. The van der Waals surface area contributed by atoms with E-state index in [9.17, 15) is 5.11 Å². The van der Waals surface area contributed by atoms with Gasteiger partial charge in [-0.15, -0.1) is 5.10 Å². The van der Waals surface area contributed by atoms with Gasteiger partial charge in [0.15, 0.2) is 0 Å². The minimum absolute atomic E-state index is 0.131. The van der Waals surface area contributed by atoms with E-state index >= 15 is 0 Å². The van der Waals surface area contributed by atoms with Crippen LogP contribution in [-0.4, -0.2) is 34.6 Å². The Morgan fingerprint density at radius 1 is 1.10 bits per heavy atom. The maximum atomic E-state index is 9.81. The van der Waals surface area contributed by atoms with Crippen LogP contribution in [0.2, 0.25) is 0 Å². The molecule has 1 aromatic heterocycles. The van der Waals surface area contributed by atoms with E-state index in [0.29, 0.717) is 12.5 Å². The summed E-state index contributed by atoms with van der Waals surface area (Å²) in [6.07, 6.45) is -0.697. The highest BCUT2D eigenvalue weighted by Crippen LogP contribution is 2.10. The molecule has 2 aromatic rings. The number of aryl methyl sites for hydroxylation is 2. The van der Waals surface area contributed by atoms with Crippen LogP contribution in [0, 0.1) is 13.8 Å². The Morgan fingerprint density at radius 3 is 2.57 bits per heavy atom. The van der Waals surface area contributed by atoms with Crippen molar-refractivity contribution in [1.29, 1.82) is 0 Å². The van der Waals surface area contributed by atoms with Crippen molar-refractivity contribution < 1.29 is 14.6 Å². The van der Waals surface area contributed by atoms with Crippen molar-refractivity contribution in [2.75, 3.05) is 13.2 Å². The van der Waals surface area contributed by atoms with E-state index < -0.39 is 6.10 Å². The van der Waals surface area contributed by atoms with E-state index in [2.05, 4.69) is 10.2 Å². The third kappa shape index (κ3) is 5.13. The minimum Gasteiger partial charge on any atom is -0.474 e. The number of aromatic nitrogens is 2. The second-order valence-corrected chi connectivity index (χ2v) is 4.92. The molecule has 1 heterocycles. The lowest BCUT2D eigenvalue weighted by molar-refractivity contribution is 0.00449. The predicted molar refractivity (Wildman–Crippen MR) is 79.1 cm³/mol. The molecule has 21 heavy (non-hydrogen) atoms. The van der Waals surface area contributed by atoms with Crippen molar-refractivity contribution in [2.45, 2.75) is 26.6 Å². The van der Waals surface area contributed by atoms with Crippen LogP contribution in [0.4, 0.5) is 0 Å². The fourth-order valence-corrected chi connectivity index (χ4v) is 1.71. The zero-order valence-electron chi connectivity index (χ0n) is 12.3. The van der Waals surface area contributed by atoms with Gasteiger partial charge >= 0.3 is 0 Å². The molecule has 1 atom stereocenters. The molecule has 1 aromatic carbocycles. The molecule has 5 nitrogen and oxygen atoms in total. The predicted octanol–water partition coefficient (Wildman–Crippen LogP) is 2.05. The number of benzene rings is 1. The van der Waals surface area contributed by atoms with Crippen molar-refractivity contribution in [2.24, 2.45) is 0 Å². The fraction of sp³-hybridized carbons (Fsp3) is 0.375. The van der Waals surface area contributed by atoms with Crippen LogP contribution in [0.1, 0.15) is 16.8 Å². The molecular formula is C16H20N2O3. The van der Waals surface area contributed by atoms with Gasteiger partial charge in [-0.3, -0.25) is 0 Å². The third-order valence-electron chi connectivity index (χ3n) is 3.05. The molecule has 0 amide bonds. The number of nitrogens with zero attached hydrogens (tertiary/aromatic N) is 2. The Labute approximate surface area is 124 Å². The number of rotatable bonds is 7. The van der Waals surface area contributed by atoms with Gasteiger partial charge < -0.3 is 14.6 Å². The van der Waals surface area contributed by atoms with Crippen molar-refractivity contribution >= 4 is 0 Å². The standard InChI is InChI=1S/C16H20N2O3/c1-12-8-16(18-17-13(12)2)21-11-15(19)10-20-9-14-6-4-3-5-7-14/h3-8,15,19H,9-11H2,1-2H3. The molecule has 0 saturated carbocycles.